The molecule has 0 bridgehead atoms. The normalized spacial score (nSPS) is 16.1. The molecule has 0 saturated carbocycles. The molecule has 0 aliphatic carbocycles. The van der Waals surface area contributed by atoms with Crippen molar-refractivity contribution in [3.63, 3.8) is 0 Å². The molecule has 0 fully saturated rings. The molecule has 112 valence electrons. The minimum Gasteiger partial charge on any atom is -0.486 e. The number of carbonyl (C=O) groups is 1. The first kappa shape index (κ1) is 13.2. The lowest BCUT2D eigenvalue weighted by Gasteiger charge is -2.29. The summed E-state index contributed by atoms with van der Waals surface area (Å²) in [7, 11) is 0. The van der Waals surface area contributed by atoms with Crippen LogP contribution in [-0.4, -0.2) is 30.6 Å². The molecule has 0 radical (unpaired) electrons. The average Bonchev–Trinajstić information content (AvgIpc) is 2.60. The van der Waals surface area contributed by atoms with E-state index in [0.717, 1.165) is 13.0 Å². The van der Waals surface area contributed by atoms with E-state index >= 15 is 0 Å². The van der Waals surface area contributed by atoms with Gasteiger partial charge in [0.1, 0.15) is 13.2 Å². The molecule has 0 atom stereocenters. The maximum absolute atomic E-state index is 12.7. The lowest BCUT2D eigenvalue weighted by atomic mass is 9.99. The highest BCUT2D eigenvalue weighted by molar-refractivity contribution is 5.95. The van der Waals surface area contributed by atoms with Crippen molar-refractivity contribution in [1.29, 1.82) is 0 Å². The Hall–Kier alpha value is -2.49. The van der Waals surface area contributed by atoms with E-state index in [1.54, 1.807) is 6.07 Å². The predicted molar refractivity (Wildman–Crippen MR) is 82.3 cm³/mol. The Morgan fingerprint density at radius 1 is 0.955 bits per heavy atom. The standard InChI is InChI=1S/C18H17NO3/c20-18(14-5-6-16-17(11-14)22-10-9-21-16)19-8-7-13-3-1-2-4-15(13)12-19/h1-6,11H,7-10,12H2. The molecule has 0 aromatic heterocycles. The van der Waals surface area contributed by atoms with Crippen molar-refractivity contribution in [1.82, 2.24) is 4.90 Å². The van der Waals surface area contributed by atoms with Crippen LogP contribution in [0.2, 0.25) is 0 Å². The summed E-state index contributed by atoms with van der Waals surface area (Å²) in [6.07, 6.45) is 0.909. The summed E-state index contributed by atoms with van der Waals surface area (Å²) in [4.78, 5) is 14.6. The Balaban J connectivity index is 1.58. The van der Waals surface area contributed by atoms with Crippen molar-refractivity contribution in [3.8, 4) is 11.5 Å². The molecule has 2 heterocycles. The first-order valence-electron chi connectivity index (χ1n) is 7.57. The fourth-order valence-electron chi connectivity index (χ4n) is 3.03. The Morgan fingerprint density at radius 2 is 1.73 bits per heavy atom. The van der Waals surface area contributed by atoms with E-state index in [9.17, 15) is 4.79 Å². The van der Waals surface area contributed by atoms with Crippen molar-refractivity contribution in [3.05, 3.63) is 59.2 Å². The van der Waals surface area contributed by atoms with Crippen LogP contribution in [0.1, 0.15) is 21.5 Å². The largest absolute Gasteiger partial charge is 0.486 e. The molecule has 22 heavy (non-hydrogen) atoms. The summed E-state index contributed by atoms with van der Waals surface area (Å²) in [5.41, 5.74) is 3.23. The third-order valence-electron chi connectivity index (χ3n) is 4.21. The van der Waals surface area contributed by atoms with Crippen LogP contribution in [0.25, 0.3) is 0 Å². The van der Waals surface area contributed by atoms with Gasteiger partial charge in [-0.3, -0.25) is 4.79 Å². The summed E-state index contributed by atoms with van der Waals surface area (Å²) in [5.74, 6) is 1.42. The second-order valence-corrected chi connectivity index (χ2v) is 5.60. The highest BCUT2D eigenvalue weighted by Gasteiger charge is 2.23. The molecule has 0 unspecified atom stereocenters. The van der Waals surface area contributed by atoms with Crippen LogP contribution >= 0.6 is 0 Å². The van der Waals surface area contributed by atoms with Gasteiger partial charge in [0.25, 0.3) is 5.91 Å². The quantitative estimate of drug-likeness (QED) is 0.812. The molecule has 2 aliphatic rings. The van der Waals surface area contributed by atoms with Crippen LogP contribution in [0.15, 0.2) is 42.5 Å². The molecule has 2 aliphatic heterocycles. The van der Waals surface area contributed by atoms with Gasteiger partial charge in [0.2, 0.25) is 0 Å². The van der Waals surface area contributed by atoms with E-state index in [-0.39, 0.29) is 5.91 Å². The number of amides is 1. The lowest BCUT2D eigenvalue weighted by molar-refractivity contribution is 0.0733. The summed E-state index contributed by atoms with van der Waals surface area (Å²) >= 11 is 0. The molecule has 4 nitrogen and oxygen atoms in total. The summed E-state index contributed by atoms with van der Waals surface area (Å²) in [5, 5.41) is 0. The number of hydrogen-bond acceptors (Lipinski definition) is 3. The minimum absolute atomic E-state index is 0.0477. The number of hydrogen-bond donors (Lipinski definition) is 0. The predicted octanol–water partition coefficient (Wildman–Crippen LogP) is 2.66. The monoisotopic (exact) mass is 295 g/mol. The SMILES string of the molecule is O=C(c1ccc2c(c1)OCCO2)N1CCc2ccccc2C1. The van der Waals surface area contributed by atoms with E-state index < -0.39 is 0 Å². The molecule has 0 spiro atoms. The van der Waals surface area contributed by atoms with Gasteiger partial charge in [0.05, 0.1) is 0 Å². The molecule has 1 amide bonds. The Bertz CT molecular complexity index is 726. The number of carbonyl (C=O) groups excluding carboxylic acids is 1. The highest BCUT2D eigenvalue weighted by Crippen LogP contribution is 2.31. The van der Waals surface area contributed by atoms with E-state index in [0.29, 0.717) is 36.8 Å². The van der Waals surface area contributed by atoms with E-state index in [4.69, 9.17) is 9.47 Å². The minimum atomic E-state index is 0.0477. The van der Waals surface area contributed by atoms with Crippen molar-refractivity contribution in [2.24, 2.45) is 0 Å². The van der Waals surface area contributed by atoms with Gasteiger partial charge in [0, 0.05) is 18.7 Å². The van der Waals surface area contributed by atoms with Gasteiger partial charge >= 0.3 is 0 Å². The second kappa shape index (κ2) is 5.37. The molecule has 0 saturated heterocycles. The van der Waals surface area contributed by atoms with Gasteiger partial charge in [-0.25, -0.2) is 0 Å². The third kappa shape index (κ3) is 2.30. The van der Waals surface area contributed by atoms with E-state index in [1.165, 1.54) is 11.1 Å². The molecule has 0 N–H and O–H groups in total. The molecule has 2 aromatic carbocycles. The smallest absolute Gasteiger partial charge is 0.254 e. The van der Waals surface area contributed by atoms with Crippen LogP contribution in [0, 0.1) is 0 Å². The van der Waals surface area contributed by atoms with Crippen molar-refractivity contribution in [2.75, 3.05) is 19.8 Å². The third-order valence-corrected chi connectivity index (χ3v) is 4.21. The number of nitrogens with zero attached hydrogens (tertiary/aromatic N) is 1. The number of ether oxygens (including phenoxy) is 2. The molecule has 2 aromatic rings. The van der Waals surface area contributed by atoms with Gasteiger partial charge in [-0.2, -0.15) is 0 Å². The average molecular weight is 295 g/mol. The summed E-state index contributed by atoms with van der Waals surface area (Å²) in [6, 6.07) is 13.7. The van der Waals surface area contributed by atoms with Gasteiger partial charge in [-0.05, 0) is 35.7 Å². The maximum atomic E-state index is 12.7. The maximum Gasteiger partial charge on any atom is 0.254 e. The van der Waals surface area contributed by atoms with E-state index in [1.807, 2.05) is 23.1 Å². The van der Waals surface area contributed by atoms with Crippen LogP contribution in [-0.2, 0) is 13.0 Å². The molecular weight excluding hydrogens is 278 g/mol. The van der Waals surface area contributed by atoms with Crippen molar-refractivity contribution < 1.29 is 14.3 Å². The second-order valence-electron chi connectivity index (χ2n) is 5.60. The molecular formula is C18H17NO3. The fourth-order valence-corrected chi connectivity index (χ4v) is 3.03. The highest BCUT2D eigenvalue weighted by atomic mass is 16.6. The zero-order valence-electron chi connectivity index (χ0n) is 12.2. The van der Waals surface area contributed by atoms with Crippen LogP contribution in [0.4, 0.5) is 0 Å². The fraction of sp³-hybridized carbons (Fsp3) is 0.278. The van der Waals surface area contributed by atoms with Crippen LogP contribution in [0.5, 0.6) is 11.5 Å². The summed E-state index contributed by atoms with van der Waals surface area (Å²) in [6.45, 7) is 2.51. The Kier molecular flexibility index (Phi) is 3.22. The number of benzene rings is 2. The Labute approximate surface area is 129 Å². The van der Waals surface area contributed by atoms with Crippen molar-refractivity contribution >= 4 is 5.91 Å². The number of fused-ring (bicyclic) bond motifs is 2. The molecule has 4 rings (SSSR count). The van der Waals surface area contributed by atoms with Crippen molar-refractivity contribution in [2.45, 2.75) is 13.0 Å². The Morgan fingerprint density at radius 3 is 2.59 bits per heavy atom. The van der Waals surface area contributed by atoms with Crippen LogP contribution < -0.4 is 9.47 Å². The van der Waals surface area contributed by atoms with Gasteiger partial charge in [-0.1, -0.05) is 24.3 Å². The first-order valence-corrected chi connectivity index (χ1v) is 7.57. The van der Waals surface area contributed by atoms with Gasteiger partial charge < -0.3 is 14.4 Å². The van der Waals surface area contributed by atoms with Gasteiger partial charge in [-0.15, -0.1) is 0 Å². The lowest BCUT2D eigenvalue weighted by Crippen LogP contribution is -2.36. The van der Waals surface area contributed by atoms with Crippen LogP contribution in [0.3, 0.4) is 0 Å². The first-order chi connectivity index (χ1) is 10.8. The van der Waals surface area contributed by atoms with E-state index in [2.05, 4.69) is 18.2 Å². The topological polar surface area (TPSA) is 38.8 Å². The number of rotatable bonds is 1. The zero-order chi connectivity index (χ0) is 14.9. The molecule has 4 heteroatoms. The zero-order valence-corrected chi connectivity index (χ0v) is 12.2. The summed E-state index contributed by atoms with van der Waals surface area (Å²) < 4.78 is 11.1. The van der Waals surface area contributed by atoms with Gasteiger partial charge in [0.15, 0.2) is 11.5 Å².